The van der Waals surface area contributed by atoms with E-state index >= 15 is 0 Å². The van der Waals surface area contributed by atoms with Gasteiger partial charge in [0, 0.05) is 32.7 Å². The van der Waals surface area contributed by atoms with Crippen molar-refractivity contribution in [2.75, 3.05) is 39.4 Å². The van der Waals surface area contributed by atoms with Crippen LogP contribution in [0.15, 0.2) is 53.4 Å². The molecule has 0 atom stereocenters. The van der Waals surface area contributed by atoms with E-state index < -0.39 is 16.0 Å². The number of benzene rings is 2. The topological polar surface area (TPSA) is 76.2 Å². The highest BCUT2D eigenvalue weighted by Crippen LogP contribution is 2.20. The fraction of sp³-hybridized carbons (Fsp3) is 0.409. The summed E-state index contributed by atoms with van der Waals surface area (Å²) in [5, 5.41) is 0. The van der Waals surface area contributed by atoms with Crippen molar-refractivity contribution < 1.29 is 22.7 Å². The van der Waals surface area contributed by atoms with E-state index in [1.165, 1.54) is 34.1 Å². The number of esters is 1. The van der Waals surface area contributed by atoms with Crippen molar-refractivity contribution in [2.24, 2.45) is 0 Å². The fourth-order valence-corrected chi connectivity index (χ4v) is 4.79. The van der Waals surface area contributed by atoms with Gasteiger partial charge in [-0.05, 0) is 55.8 Å². The van der Waals surface area contributed by atoms with Crippen LogP contribution < -0.4 is 4.74 Å². The minimum absolute atomic E-state index is 0.190. The Bertz CT molecular complexity index is 934. The Balaban J connectivity index is 1.57. The molecule has 0 bridgehead atoms. The van der Waals surface area contributed by atoms with Gasteiger partial charge in [0.05, 0.1) is 23.7 Å². The molecule has 7 nitrogen and oxygen atoms in total. The van der Waals surface area contributed by atoms with E-state index in [0.717, 1.165) is 12.3 Å². The predicted octanol–water partition coefficient (Wildman–Crippen LogP) is 2.77. The maximum Gasteiger partial charge on any atom is 0.338 e. The van der Waals surface area contributed by atoms with Crippen molar-refractivity contribution >= 4 is 16.0 Å². The number of ether oxygens (including phenoxy) is 2. The first-order chi connectivity index (χ1) is 14.4. The van der Waals surface area contributed by atoms with Crippen LogP contribution >= 0.6 is 0 Å². The van der Waals surface area contributed by atoms with E-state index in [9.17, 15) is 13.2 Å². The average Bonchev–Trinajstić information content (AvgIpc) is 2.76. The first kappa shape index (κ1) is 22.3. The van der Waals surface area contributed by atoms with Gasteiger partial charge in [0.2, 0.25) is 10.0 Å². The Morgan fingerprint density at radius 2 is 1.53 bits per heavy atom. The molecule has 0 aliphatic carbocycles. The lowest BCUT2D eigenvalue weighted by atomic mass is 10.2. The van der Waals surface area contributed by atoms with Gasteiger partial charge in [0.1, 0.15) is 5.75 Å². The quantitative estimate of drug-likeness (QED) is 0.597. The molecule has 1 saturated heterocycles. The molecule has 8 heteroatoms. The van der Waals surface area contributed by atoms with Crippen molar-refractivity contribution in [1.82, 2.24) is 9.21 Å². The van der Waals surface area contributed by atoms with Crippen LogP contribution in [0.5, 0.6) is 5.75 Å². The number of hydrogen-bond acceptors (Lipinski definition) is 6. The maximum absolute atomic E-state index is 12.9. The zero-order valence-corrected chi connectivity index (χ0v) is 18.2. The molecule has 0 unspecified atom stereocenters. The zero-order valence-electron chi connectivity index (χ0n) is 17.4. The molecule has 30 heavy (non-hydrogen) atoms. The van der Waals surface area contributed by atoms with Gasteiger partial charge in [0.15, 0.2) is 0 Å². The van der Waals surface area contributed by atoms with Crippen LogP contribution in [0.3, 0.4) is 0 Å². The fourth-order valence-electron chi connectivity index (χ4n) is 3.37. The predicted molar refractivity (Wildman–Crippen MR) is 114 cm³/mol. The molecule has 0 saturated carbocycles. The molecule has 162 valence electrons. The van der Waals surface area contributed by atoms with Crippen LogP contribution in [0.25, 0.3) is 0 Å². The van der Waals surface area contributed by atoms with Crippen molar-refractivity contribution in [3.8, 4) is 5.75 Å². The van der Waals surface area contributed by atoms with Gasteiger partial charge >= 0.3 is 5.97 Å². The van der Waals surface area contributed by atoms with Gasteiger partial charge < -0.3 is 9.47 Å². The van der Waals surface area contributed by atoms with Crippen LogP contribution in [0.1, 0.15) is 29.8 Å². The van der Waals surface area contributed by atoms with E-state index in [4.69, 9.17) is 9.47 Å². The van der Waals surface area contributed by atoms with Gasteiger partial charge in [-0.2, -0.15) is 4.31 Å². The van der Waals surface area contributed by atoms with E-state index in [1.54, 1.807) is 6.92 Å². The number of carbonyl (C=O) groups is 1. The normalized spacial score (nSPS) is 15.7. The summed E-state index contributed by atoms with van der Waals surface area (Å²) >= 11 is 0. The van der Waals surface area contributed by atoms with Crippen LogP contribution in [-0.4, -0.2) is 63.0 Å². The molecule has 0 aromatic heterocycles. The average molecular weight is 433 g/mol. The Labute approximate surface area is 178 Å². The summed E-state index contributed by atoms with van der Waals surface area (Å²) in [5.74, 6) is 0.399. The number of rotatable bonds is 8. The molecule has 0 radical (unpaired) electrons. The number of sulfonamides is 1. The first-order valence-electron chi connectivity index (χ1n) is 10.2. The van der Waals surface area contributed by atoms with E-state index in [0.29, 0.717) is 38.3 Å². The summed E-state index contributed by atoms with van der Waals surface area (Å²) in [7, 11) is -3.59. The second-order valence-electron chi connectivity index (χ2n) is 7.00. The minimum atomic E-state index is -3.59. The lowest BCUT2D eigenvalue weighted by molar-refractivity contribution is 0.0526. The largest absolute Gasteiger partial charge is 0.494 e. The van der Waals surface area contributed by atoms with Crippen molar-refractivity contribution in [3.05, 3.63) is 59.7 Å². The molecule has 0 amide bonds. The molecule has 2 aromatic carbocycles. The monoisotopic (exact) mass is 432 g/mol. The van der Waals surface area contributed by atoms with E-state index in [-0.39, 0.29) is 11.5 Å². The standard InChI is InChI=1S/C22H28N2O5S/c1-3-28-20-9-5-18(6-10-20)17-23-13-15-24(16-14-23)30(26,27)21-11-7-19(8-12-21)22(25)29-4-2/h5-12H,3-4,13-17H2,1-2H3. The summed E-state index contributed by atoms with van der Waals surface area (Å²) in [6.45, 7) is 7.55. The molecule has 2 aromatic rings. The van der Waals surface area contributed by atoms with Crippen LogP contribution in [0.2, 0.25) is 0 Å². The third-order valence-electron chi connectivity index (χ3n) is 4.98. The molecule has 1 aliphatic rings. The van der Waals surface area contributed by atoms with Gasteiger partial charge in [-0.15, -0.1) is 0 Å². The van der Waals surface area contributed by atoms with Gasteiger partial charge in [0.25, 0.3) is 0 Å². The molecule has 1 fully saturated rings. The smallest absolute Gasteiger partial charge is 0.338 e. The van der Waals surface area contributed by atoms with Crippen LogP contribution in [-0.2, 0) is 21.3 Å². The summed E-state index contributed by atoms with van der Waals surface area (Å²) in [6, 6.07) is 13.9. The summed E-state index contributed by atoms with van der Waals surface area (Å²) in [6.07, 6.45) is 0. The Morgan fingerprint density at radius 3 is 2.10 bits per heavy atom. The lowest BCUT2D eigenvalue weighted by Gasteiger charge is -2.34. The summed E-state index contributed by atoms with van der Waals surface area (Å²) in [5.41, 5.74) is 1.51. The Morgan fingerprint density at radius 1 is 0.900 bits per heavy atom. The highest BCUT2D eigenvalue weighted by atomic mass is 32.2. The molecular weight excluding hydrogens is 404 g/mol. The minimum Gasteiger partial charge on any atom is -0.494 e. The maximum atomic E-state index is 12.9. The highest BCUT2D eigenvalue weighted by molar-refractivity contribution is 7.89. The van der Waals surface area contributed by atoms with Crippen LogP contribution in [0, 0.1) is 0 Å². The first-order valence-corrected chi connectivity index (χ1v) is 11.6. The van der Waals surface area contributed by atoms with Gasteiger partial charge in [-0.25, -0.2) is 13.2 Å². The van der Waals surface area contributed by atoms with Crippen molar-refractivity contribution in [1.29, 1.82) is 0 Å². The van der Waals surface area contributed by atoms with Crippen molar-refractivity contribution in [3.63, 3.8) is 0 Å². The molecular formula is C22H28N2O5S. The zero-order chi connectivity index (χ0) is 21.6. The molecule has 3 rings (SSSR count). The Kier molecular flexibility index (Phi) is 7.47. The molecule has 1 heterocycles. The van der Waals surface area contributed by atoms with E-state index in [2.05, 4.69) is 4.90 Å². The number of nitrogens with zero attached hydrogens (tertiary/aromatic N) is 2. The van der Waals surface area contributed by atoms with Crippen LogP contribution in [0.4, 0.5) is 0 Å². The third-order valence-corrected chi connectivity index (χ3v) is 6.89. The lowest BCUT2D eigenvalue weighted by Crippen LogP contribution is -2.48. The molecule has 0 spiro atoms. The summed E-state index contributed by atoms with van der Waals surface area (Å²) in [4.78, 5) is 14.2. The second-order valence-corrected chi connectivity index (χ2v) is 8.94. The van der Waals surface area contributed by atoms with Crippen molar-refractivity contribution in [2.45, 2.75) is 25.3 Å². The second kappa shape index (κ2) is 10.1. The molecule has 1 aliphatic heterocycles. The highest BCUT2D eigenvalue weighted by Gasteiger charge is 2.28. The van der Waals surface area contributed by atoms with Gasteiger partial charge in [-0.1, -0.05) is 12.1 Å². The van der Waals surface area contributed by atoms with Gasteiger partial charge in [-0.3, -0.25) is 4.90 Å². The number of hydrogen-bond donors (Lipinski definition) is 0. The number of piperazine rings is 1. The van der Waals surface area contributed by atoms with E-state index in [1.807, 2.05) is 31.2 Å². The SMILES string of the molecule is CCOC(=O)c1ccc(S(=O)(=O)N2CCN(Cc3ccc(OCC)cc3)CC2)cc1. The molecule has 0 N–H and O–H groups in total. The summed E-state index contributed by atoms with van der Waals surface area (Å²) < 4.78 is 37.8. The number of carbonyl (C=O) groups excluding carboxylic acids is 1. The Hall–Kier alpha value is -2.42. The third kappa shape index (κ3) is 5.38.